The molecule has 0 saturated heterocycles. The molecule has 0 aromatic heterocycles. The summed E-state index contributed by atoms with van der Waals surface area (Å²) in [5.74, 6) is -1.43. The fourth-order valence-corrected chi connectivity index (χ4v) is 1.91. The molecule has 0 atom stereocenters. The van der Waals surface area contributed by atoms with E-state index in [9.17, 15) is 9.59 Å². The van der Waals surface area contributed by atoms with Gasteiger partial charge in [0, 0.05) is 0 Å². The fraction of sp³-hybridized carbons (Fsp3) is 0.353. The Hall–Kier alpha value is -2.72. The minimum absolute atomic E-state index is 0.139. The number of allylic oxidation sites excluding steroid dienone is 1. The first-order chi connectivity index (χ1) is 11.0. The standard InChI is InChI=1S/C17H20N2O4/c1-4-12(2)8-7-11-23-16(20)14-10-6-5-9-13(14)15(19-18)17(21)22-3/h5-6,9-10H,2,4,7-8,11H2,1,3H3. The molecule has 122 valence electrons. The second-order valence-corrected chi connectivity index (χ2v) is 4.83. The van der Waals surface area contributed by atoms with E-state index in [1.165, 1.54) is 12.1 Å². The molecule has 1 aromatic carbocycles. The number of esters is 2. The number of rotatable bonds is 8. The maximum absolute atomic E-state index is 12.2. The molecule has 23 heavy (non-hydrogen) atoms. The number of nitrogens with zero attached hydrogens (tertiary/aromatic N) is 2. The van der Waals surface area contributed by atoms with Gasteiger partial charge in [0.25, 0.3) is 0 Å². The highest BCUT2D eigenvalue weighted by Crippen LogP contribution is 2.13. The summed E-state index contributed by atoms with van der Waals surface area (Å²) in [4.78, 5) is 26.7. The number of methoxy groups -OCH3 is 1. The third kappa shape index (κ3) is 5.20. The summed E-state index contributed by atoms with van der Waals surface area (Å²) in [7, 11) is 1.16. The Kier molecular flexibility index (Phi) is 7.43. The van der Waals surface area contributed by atoms with Crippen molar-refractivity contribution in [2.24, 2.45) is 0 Å². The third-order valence-electron chi connectivity index (χ3n) is 3.29. The van der Waals surface area contributed by atoms with E-state index in [4.69, 9.17) is 10.3 Å². The van der Waals surface area contributed by atoms with Crippen LogP contribution in [0.5, 0.6) is 0 Å². The van der Waals surface area contributed by atoms with Crippen LogP contribution in [-0.4, -0.2) is 36.2 Å². The lowest BCUT2D eigenvalue weighted by atomic mass is 10.0. The fourth-order valence-electron chi connectivity index (χ4n) is 1.91. The van der Waals surface area contributed by atoms with Crippen LogP contribution < -0.4 is 0 Å². The summed E-state index contributed by atoms with van der Waals surface area (Å²) >= 11 is 0. The van der Waals surface area contributed by atoms with Crippen molar-refractivity contribution in [3.8, 4) is 0 Å². The minimum Gasteiger partial charge on any atom is -0.462 e. The van der Waals surface area contributed by atoms with Crippen LogP contribution in [0.2, 0.25) is 0 Å². The van der Waals surface area contributed by atoms with Gasteiger partial charge in [-0.2, -0.15) is 4.79 Å². The maximum Gasteiger partial charge on any atom is 0.422 e. The van der Waals surface area contributed by atoms with E-state index in [2.05, 4.69) is 16.1 Å². The molecule has 6 heteroatoms. The van der Waals surface area contributed by atoms with Crippen LogP contribution in [0.3, 0.4) is 0 Å². The average Bonchev–Trinajstić information content (AvgIpc) is 2.59. The summed E-state index contributed by atoms with van der Waals surface area (Å²) in [5, 5.41) is 0. The van der Waals surface area contributed by atoms with Crippen LogP contribution >= 0.6 is 0 Å². The minimum atomic E-state index is -0.841. The Morgan fingerprint density at radius 3 is 2.48 bits per heavy atom. The van der Waals surface area contributed by atoms with Gasteiger partial charge in [0.2, 0.25) is 0 Å². The molecular weight excluding hydrogens is 296 g/mol. The van der Waals surface area contributed by atoms with Crippen molar-refractivity contribution in [3.05, 3.63) is 53.1 Å². The third-order valence-corrected chi connectivity index (χ3v) is 3.29. The quantitative estimate of drug-likeness (QED) is 0.184. The van der Waals surface area contributed by atoms with Crippen molar-refractivity contribution in [2.45, 2.75) is 26.2 Å². The topological polar surface area (TPSA) is 89.0 Å². The first-order valence-electron chi connectivity index (χ1n) is 7.28. The summed E-state index contributed by atoms with van der Waals surface area (Å²) < 4.78 is 9.74. The van der Waals surface area contributed by atoms with E-state index in [0.717, 1.165) is 25.5 Å². The Bertz CT molecular complexity index is 646. The molecule has 0 N–H and O–H groups in total. The predicted molar refractivity (Wildman–Crippen MR) is 85.1 cm³/mol. The van der Waals surface area contributed by atoms with Gasteiger partial charge in [-0.1, -0.05) is 31.2 Å². The summed E-state index contributed by atoms with van der Waals surface area (Å²) in [6, 6.07) is 6.23. The molecule has 0 aliphatic rings. The van der Waals surface area contributed by atoms with Gasteiger partial charge in [-0.05, 0) is 31.4 Å². The second kappa shape index (κ2) is 9.33. The lowest BCUT2D eigenvalue weighted by molar-refractivity contribution is -0.137. The molecule has 0 radical (unpaired) electrons. The summed E-state index contributed by atoms with van der Waals surface area (Å²) in [5.41, 5.74) is 10.1. The van der Waals surface area contributed by atoms with Gasteiger partial charge in [0.15, 0.2) is 0 Å². The number of ether oxygens (including phenoxy) is 2. The Morgan fingerprint density at radius 1 is 1.26 bits per heavy atom. The van der Waals surface area contributed by atoms with Crippen molar-refractivity contribution >= 4 is 17.7 Å². The van der Waals surface area contributed by atoms with Crippen LogP contribution in [0.15, 0.2) is 36.4 Å². The number of hydrogen-bond donors (Lipinski definition) is 0. The Balaban J connectivity index is 2.84. The zero-order chi connectivity index (χ0) is 17.2. The van der Waals surface area contributed by atoms with E-state index >= 15 is 0 Å². The molecule has 1 aromatic rings. The molecule has 0 aliphatic heterocycles. The van der Waals surface area contributed by atoms with Crippen molar-refractivity contribution in [1.29, 1.82) is 0 Å². The maximum atomic E-state index is 12.2. The highest BCUT2D eigenvalue weighted by atomic mass is 16.5. The molecule has 6 nitrogen and oxygen atoms in total. The van der Waals surface area contributed by atoms with E-state index in [1.807, 2.05) is 6.92 Å². The number of benzene rings is 1. The van der Waals surface area contributed by atoms with Gasteiger partial charge in [-0.15, -0.1) is 0 Å². The molecule has 0 bridgehead atoms. The SMILES string of the molecule is C=C(CC)CCCOC(=O)c1ccccc1C(=[N+]=[N-])C(=O)OC. The van der Waals surface area contributed by atoms with Crippen LogP contribution in [0.25, 0.3) is 5.53 Å². The van der Waals surface area contributed by atoms with Gasteiger partial charge in [-0.3, -0.25) is 0 Å². The number of carbonyl (C=O) groups is 2. The molecule has 0 heterocycles. The van der Waals surface area contributed by atoms with Crippen molar-refractivity contribution in [1.82, 2.24) is 0 Å². The smallest absolute Gasteiger partial charge is 0.422 e. The first-order valence-corrected chi connectivity index (χ1v) is 7.28. The lowest BCUT2D eigenvalue weighted by Crippen LogP contribution is -2.22. The monoisotopic (exact) mass is 316 g/mol. The summed E-state index contributed by atoms with van der Waals surface area (Å²) in [6.45, 7) is 6.16. The second-order valence-electron chi connectivity index (χ2n) is 4.83. The lowest BCUT2D eigenvalue weighted by Gasteiger charge is -2.07. The molecule has 0 spiro atoms. The number of hydrogen-bond acceptors (Lipinski definition) is 4. The van der Waals surface area contributed by atoms with E-state index in [0.29, 0.717) is 6.42 Å². The molecule has 1 rings (SSSR count). The van der Waals surface area contributed by atoms with Crippen LogP contribution in [0.1, 0.15) is 42.1 Å². The molecule has 0 saturated carbocycles. The van der Waals surface area contributed by atoms with Gasteiger partial charge in [0.05, 0.1) is 24.8 Å². The van der Waals surface area contributed by atoms with Crippen molar-refractivity contribution in [3.63, 3.8) is 0 Å². The van der Waals surface area contributed by atoms with Gasteiger partial charge in [-0.25, -0.2) is 9.59 Å². The first kappa shape index (κ1) is 18.3. The van der Waals surface area contributed by atoms with Crippen LogP contribution in [0, 0.1) is 0 Å². The Labute approximate surface area is 135 Å². The normalized spacial score (nSPS) is 9.65. The average molecular weight is 316 g/mol. The zero-order valence-electron chi connectivity index (χ0n) is 13.4. The Morgan fingerprint density at radius 2 is 1.91 bits per heavy atom. The van der Waals surface area contributed by atoms with E-state index < -0.39 is 11.9 Å². The molecule has 0 amide bonds. The van der Waals surface area contributed by atoms with Crippen LogP contribution in [-0.2, 0) is 14.3 Å². The molecular formula is C17H20N2O4. The number of carbonyl (C=O) groups excluding carboxylic acids is 2. The van der Waals surface area contributed by atoms with Crippen molar-refractivity contribution in [2.75, 3.05) is 13.7 Å². The largest absolute Gasteiger partial charge is 0.462 e. The van der Waals surface area contributed by atoms with Crippen LogP contribution in [0.4, 0.5) is 0 Å². The van der Waals surface area contributed by atoms with Crippen molar-refractivity contribution < 1.29 is 23.9 Å². The van der Waals surface area contributed by atoms with Gasteiger partial charge in [0.1, 0.15) is 0 Å². The van der Waals surface area contributed by atoms with Gasteiger partial charge >= 0.3 is 17.7 Å². The molecule has 0 aliphatic carbocycles. The van der Waals surface area contributed by atoms with E-state index in [-0.39, 0.29) is 23.4 Å². The zero-order valence-corrected chi connectivity index (χ0v) is 13.4. The predicted octanol–water partition coefficient (Wildman–Crippen LogP) is 2.78. The summed E-state index contributed by atoms with van der Waals surface area (Å²) in [6.07, 6.45) is 2.36. The van der Waals surface area contributed by atoms with E-state index in [1.54, 1.807) is 12.1 Å². The molecule has 0 fully saturated rings. The van der Waals surface area contributed by atoms with Gasteiger partial charge < -0.3 is 15.0 Å². The molecule has 0 unspecified atom stereocenters. The highest BCUT2D eigenvalue weighted by Gasteiger charge is 2.29. The highest BCUT2D eigenvalue weighted by molar-refractivity contribution is 6.42.